The number of carbonyl (C=O) groups is 1. The number of hydrogen-bond acceptors (Lipinski definition) is 6. The number of ether oxygens (including phenoxy) is 1. The normalized spacial score (nSPS) is 17.4. The second-order valence-electron chi connectivity index (χ2n) is 4.19. The van der Waals surface area contributed by atoms with E-state index in [4.69, 9.17) is 14.6 Å². The van der Waals surface area contributed by atoms with Gasteiger partial charge in [-0.3, -0.25) is 0 Å². The van der Waals surface area contributed by atoms with Crippen LogP contribution in [0, 0.1) is 5.82 Å². The molecule has 2 heterocycles. The van der Waals surface area contributed by atoms with Crippen LogP contribution < -0.4 is 15.4 Å². The minimum absolute atomic E-state index is 0.0292. The Balaban J connectivity index is 0.000000295. The highest BCUT2D eigenvalue weighted by atomic mass is 19.4. The quantitative estimate of drug-likeness (QED) is 0.714. The van der Waals surface area contributed by atoms with Crippen molar-refractivity contribution in [3.63, 3.8) is 0 Å². The lowest BCUT2D eigenvalue weighted by molar-refractivity contribution is -0.192. The van der Waals surface area contributed by atoms with Gasteiger partial charge in [0.25, 0.3) is 5.88 Å². The van der Waals surface area contributed by atoms with Crippen LogP contribution in [-0.2, 0) is 4.79 Å². The van der Waals surface area contributed by atoms with Crippen LogP contribution in [-0.4, -0.2) is 53.5 Å². The third-order valence-corrected chi connectivity index (χ3v) is 2.54. The Morgan fingerprint density at radius 3 is 2.64 bits per heavy atom. The van der Waals surface area contributed by atoms with Gasteiger partial charge in [-0.05, 0) is 13.0 Å². The van der Waals surface area contributed by atoms with Crippen molar-refractivity contribution in [1.29, 1.82) is 0 Å². The Kier molecular flexibility index (Phi) is 6.28. The first-order valence-electron chi connectivity index (χ1n) is 6.08. The Morgan fingerprint density at radius 1 is 1.55 bits per heavy atom. The summed E-state index contributed by atoms with van der Waals surface area (Å²) in [5.74, 6) is -2.93. The number of methoxy groups -OCH3 is 1. The Hall–Kier alpha value is -2.17. The van der Waals surface area contributed by atoms with Crippen molar-refractivity contribution in [2.24, 2.45) is 0 Å². The zero-order valence-corrected chi connectivity index (χ0v) is 11.4. The van der Waals surface area contributed by atoms with Gasteiger partial charge >= 0.3 is 12.1 Å². The summed E-state index contributed by atoms with van der Waals surface area (Å²) in [5, 5.41) is 13.4. The van der Waals surface area contributed by atoms with Crippen molar-refractivity contribution in [3.8, 4) is 5.88 Å². The topological polar surface area (TPSA) is 96.4 Å². The molecule has 0 aromatic carbocycles. The second kappa shape index (κ2) is 7.73. The van der Waals surface area contributed by atoms with Crippen molar-refractivity contribution in [2.45, 2.75) is 18.6 Å². The van der Waals surface area contributed by atoms with E-state index in [1.807, 2.05) is 0 Å². The van der Waals surface area contributed by atoms with Gasteiger partial charge in [0.05, 0.1) is 13.3 Å². The lowest BCUT2D eigenvalue weighted by Gasteiger charge is -2.11. The monoisotopic (exact) mass is 326 g/mol. The maximum Gasteiger partial charge on any atom is 0.490 e. The van der Waals surface area contributed by atoms with Crippen LogP contribution >= 0.6 is 0 Å². The molecule has 0 aliphatic carbocycles. The van der Waals surface area contributed by atoms with Gasteiger partial charge in [0.1, 0.15) is 0 Å². The van der Waals surface area contributed by atoms with E-state index in [0.29, 0.717) is 12.0 Å². The van der Waals surface area contributed by atoms with E-state index in [2.05, 4.69) is 20.6 Å². The highest BCUT2D eigenvalue weighted by Gasteiger charge is 2.38. The first kappa shape index (κ1) is 17.9. The molecule has 0 saturated carbocycles. The number of carboxylic acids is 1. The number of nitrogens with one attached hydrogen (secondary N) is 2. The fourth-order valence-corrected chi connectivity index (χ4v) is 1.52. The molecule has 1 aliphatic heterocycles. The maximum absolute atomic E-state index is 13.0. The Morgan fingerprint density at radius 2 is 2.18 bits per heavy atom. The summed E-state index contributed by atoms with van der Waals surface area (Å²) in [7, 11) is 1.38. The number of anilines is 1. The van der Waals surface area contributed by atoms with Gasteiger partial charge in [-0.2, -0.15) is 22.5 Å². The smallest absolute Gasteiger partial charge is 0.479 e. The molecular formula is C11H14F4N4O3. The standard InChI is InChI=1S/C9H13FN4O.C2HF3O2/c1-15-8-7(10)5-12-9(14-8)13-6-2-3-11-4-6;3-2(4,5)1(6)7/h5-6,11H,2-4H2,1H3,(H,12,13,14);(H,6,7). The predicted molar refractivity (Wildman–Crippen MR) is 67.1 cm³/mol. The SMILES string of the molecule is COc1nc(NC2CCNC2)ncc1F.O=C(O)C(F)(F)F. The van der Waals surface area contributed by atoms with Crippen LogP contribution in [0.1, 0.15) is 6.42 Å². The van der Waals surface area contributed by atoms with Gasteiger partial charge in [-0.15, -0.1) is 0 Å². The van der Waals surface area contributed by atoms with Crippen molar-refractivity contribution >= 4 is 11.9 Å². The summed E-state index contributed by atoms with van der Waals surface area (Å²) < 4.78 is 49.5. The fraction of sp³-hybridized carbons (Fsp3) is 0.545. The number of aliphatic carboxylic acids is 1. The molecule has 0 radical (unpaired) electrons. The third kappa shape index (κ3) is 5.68. The van der Waals surface area contributed by atoms with E-state index >= 15 is 0 Å². The van der Waals surface area contributed by atoms with Crippen molar-refractivity contribution < 1.29 is 32.2 Å². The molecule has 1 aliphatic rings. The van der Waals surface area contributed by atoms with Crippen molar-refractivity contribution in [3.05, 3.63) is 12.0 Å². The molecular weight excluding hydrogens is 312 g/mol. The summed E-state index contributed by atoms with van der Waals surface area (Å²) in [6.07, 6.45) is -2.96. The average molecular weight is 326 g/mol. The summed E-state index contributed by atoms with van der Waals surface area (Å²) >= 11 is 0. The molecule has 1 aromatic rings. The van der Waals surface area contributed by atoms with E-state index in [1.165, 1.54) is 7.11 Å². The molecule has 2 rings (SSSR count). The third-order valence-electron chi connectivity index (χ3n) is 2.54. The van der Waals surface area contributed by atoms with E-state index in [-0.39, 0.29) is 5.88 Å². The number of nitrogens with zero attached hydrogens (tertiary/aromatic N) is 2. The number of aromatic nitrogens is 2. The number of hydrogen-bond donors (Lipinski definition) is 3. The van der Waals surface area contributed by atoms with Crippen LogP contribution in [0.15, 0.2) is 6.20 Å². The van der Waals surface area contributed by atoms with Crippen LogP contribution in [0.3, 0.4) is 0 Å². The molecule has 1 atom stereocenters. The van der Waals surface area contributed by atoms with E-state index in [0.717, 1.165) is 25.7 Å². The van der Waals surface area contributed by atoms with Crippen LogP contribution in [0.2, 0.25) is 0 Å². The van der Waals surface area contributed by atoms with Crippen LogP contribution in [0.5, 0.6) is 5.88 Å². The molecule has 11 heteroatoms. The molecule has 124 valence electrons. The molecule has 1 fully saturated rings. The highest BCUT2D eigenvalue weighted by Crippen LogP contribution is 2.15. The zero-order valence-electron chi connectivity index (χ0n) is 11.4. The van der Waals surface area contributed by atoms with Crippen LogP contribution in [0.4, 0.5) is 23.5 Å². The van der Waals surface area contributed by atoms with Gasteiger partial charge in [0, 0.05) is 12.6 Å². The zero-order chi connectivity index (χ0) is 16.8. The lowest BCUT2D eigenvalue weighted by atomic mass is 10.3. The molecule has 7 nitrogen and oxygen atoms in total. The van der Waals surface area contributed by atoms with Gasteiger partial charge in [0.2, 0.25) is 11.8 Å². The summed E-state index contributed by atoms with van der Waals surface area (Å²) in [6.45, 7) is 1.86. The van der Waals surface area contributed by atoms with Crippen molar-refractivity contribution in [2.75, 3.05) is 25.5 Å². The number of carboxylic acid groups (broad SMARTS) is 1. The average Bonchev–Trinajstić information content (AvgIpc) is 2.93. The molecule has 0 amide bonds. The highest BCUT2D eigenvalue weighted by molar-refractivity contribution is 5.73. The van der Waals surface area contributed by atoms with Gasteiger partial charge in [-0.1, -0.05) is 0 Å². The summed E-state index contributed by atoms with van der Waals surface area (Å²) in [5.41, 5.74) is 0. The van der Waals surface area contributed by atoms with E-state index in [1.54, 1.807) is 0 Å². The first-order chi connectivity index (χ1) is 10.2. The Labute approximate surface area is 122 Å². The maximum atomic E-state index is 13.0. The van der Waals surface area contributed by atoms with Gasteiger partial charge in [0.15, 0.2) is 0 Å². The summed E-state index contributed by atoms with van der Waals surface area (Å²) in [6, 6.07) is 0.306. The molecule has 0 spiro atoms. The predicted octanol–water partition coefficient (Wildman–Crippen LogP) is 1.03. The molecule has 0 bridgehead atoms. The Bertz CT molecular complexity index is 507. The molecule has 22 heavy (non-hydrogen) atoms. The molecule has 1 unspecified atom stereocenters. The van der Waals surface area contributed by atoms with Crippen LogP contribution in [0.25, 0.3) is 0 Å². The van der Waals surface area contributed by atoms with E-state index < -0.39 is 18.0 Å². The second-order valence-corrected chi connectivity index (χ2v) is 4.19. The van der Waals surface area contributed by atoms with Crippen molar-refractivity contribution in [1.82, 2.24) is 15.3 Å². The number of rotatable bonds is 3. The summed E-state index contributed by atoms with van der Waals surface area (Å²) in [4.78, 5) is 16.6. The lowest BCUT2D eigenvalue weighted by Crippen LogP contribution is -2.23. The van der Waals surface area contributed by atoms with Gasteiger partial charge < -0.3 is 20.5 Å². The number of halogens is 4. The molecule has 1 saturated heterocycles. The fourth-order valence-electron chi connectivity index (χ4n) is 1.52. The first-order valence-corrected chi connectivity index (χ1v) is 6.08. The molecule has 3 N–H and O–H groups in total. The number of alkyl halides is 3. The van der Waals surface area contributed by atoms with Gasteiger partial charge in [-0.25, -0.2) is 9.78 Å². The minimum Gasteiger partial charge on any atom is -0.479 e. The minimum atomic E-state index is -5.08. The largest absolute Gasteiger partial charge is 0.490 e. The molecule has 1 aromatic heterocycles. The van der Waals surface area contributed by atoms with E-state index in [9.17, 15) is 17.6 Å².